The highest BCUT2D eigenvalue weighted by molar-refractivity contribution is 5.85. The number of unbranched alkanes of at least 4 members (excludes halogenated alkanes) is 27. The minimum Gasteiger partial charge on any atom is -0.466 e. The maximum Gasteiger partial charge on any atom is 0.328 e. The van der Waals surface area contributed by atoms with Crippen molar-refractivity contribution in [2.45, 2.75) is 283 Å². The molecule has 374 valence electrons. The largest absolute Gasteiger partial charge is 0.466 e. The number of nitrogens with zero attached hydrogens (tertiary/aromatic N) is 1. The summed E-state index contributed by atoms with van der Waals surface area (Å²) < 4.78 is 11.8. The van der Waals surface area contributed by atoms with E-state index < -0.39 is 12.0 Å². The lowest BCUT2D eigenvalue weighted by molar-refractivity contribution is -0.154. The monoisotopic (exact) mass is 899 g/mol. The molecule has 1 amide bonds. The van der Waals surface area contributed by atoms with Crippen LogP contribution in [0.1, 0.15) is 271 Å². The van der Waals surface area contributed by atoms with Crippen LogP contribution in [0.15, 0.2) is 36.5 Å². The third-order valence-electron chi connectivity index (χ3n) is 12.3. The number of carbonyl (C=O) groups excluding carboxylic acids is 3. The number of amides is 1. The molecule has 0 spiro atoms. The fraction of sp³-hybridized carbons (Fsp3) is 0.842. The average molecular weight is 899 g/mol. The molecule has 0 heterocycles. The first-order valence-corrected chi connectivity index (χ1v) is 27.6. The number of carbonyl (C=O) groups is 3. The number of hydrogen-bond donors (Lipinski definition) is 1. The van der Waals surface area contributed by atoms with Gasteiger partial charge in [0.2, 0.25) is 5.91 Å². The van der Waals surface area contributed by atoms with E-state index in [2.05, 4.69) is 62.5 Å². The number of allylic oxidation sites excluding steroid dienone is 6. The van der Waals surface area contributed by atoms with Crippen LogP contribution in [-0.2, 0) is 23.9 Å². The molecule has 0 bridgehead atoms. The molecular weight excluding hydrogens is 793 g/mol. The van der Waals surface area contributed by atoms with Gasteiger partial charge in [0.15, 0.2) is 0 Å². The normalized spacial score (nSPS) is 12.8. The quantitative estimate of drug-likeness (QED) is 0.0372. The highest BCUT2D eigenvalue weighted by atomic mass is 16.5. The zero-order valence-electron chi connectivity index (χ0n) is 43.1. The van der Waals surface area contributed by atoms with Gasteiger partial charge in [0.25, 0.3) is 0 Å². The van der Waals surface area contributed by atoms with Gasteiger partial charge in [0, 0.05) is 12.8 Å². The maximum absolute atomic E-state index is 13.8. The van der Waals surface area contributed by atoms with Gasteiger partial charge in [-0.05, 0) is 130 Å². The predicted octanol–water partition coefficient (Wildman–Crippen LogP) is 16.4. The summed E-state index contributed by atoms with van der Waals surface area (Å²) in [6.45, 7) is 7.95. The second kappa shape index (κ2) is 50.0. The van der Waals surface area contributed by atoms with Crippen LogP contribution in [0, 0.1) is 0 Å². The zero-order chi connectivity index (χ0) is 46.8. The smallest absolute Gasteiger partial charge is 0.328 e. The van der Waals surface area contributed by atoms with Crippen LogP contribution in [0.3, 0.4) is 0 Å². The summed E-state index contributed by atoms with van der Waals surface area (Å²) in [6.07, 6.45) is 57.2. The van der Waals surface area contributed by atoms with Gasteiger partial charge in [-0.1, -0.05) is 186 Å². The Morgan fingerprint density at radius 3 is 1.34 bits per heavy atom. The molecule has 2 atom stereocenters. The molecule has 0 aliphatic carbocycles. The number of rotatable bonds is 49. The number of ether oxygens (including phenoxy) is 2. The lowest BCUT2D eigenvalue weighted by atomic mass is 10.0. The topological polar surface area (TPSA) is 84.9 Å². The first-order valence-electron chi connectivity index (χ1n) is 27.6. The van der Waals surface area contributed by atoms with Gasteiger partial charge < -0.3 is 19.7 Å². The lowest BCUT2D eigenvalue weighted by Gasteiger charge is -2.23. The van der Waals surface area contributed by atoms with Crippen LogP contribution in [0.2, 0.25) is 0 Å². The summed E-state index contributed by atoms with van der Waals surface area (Å²) in [6, 6.07) is -0.864. The Morgan fingerprint density at radius 2 is 0.859 bits per heavy atom. The van der Waals surface area contributed by atoms with Crippen molar-refractivity contribution in [3.8, 4) is 0 Å². The summed E-state index contributed by atoms with van der Waals surface area (Å²) >= 11 is 0. The van der Waals surface area contributed by atoms with Crippen LogP contribution in [0.25, 0.3) is 0 Å². The van der Waals surface area contributed by atoms with E-state index in [0.29, 0.717) is 19.4 Å². The third-order valence-corrected chi connectivity index (χ3v) is 12.3. The van der Waals surface area contributed by atoms with Crippen molar-refractivity contribution in [1.82, 2.24) is 10.2 Å². The van der Waals surface area contributed by atoms with E-state index in [9.17, 15) is 14.4 Å². The number of hydrogen-bond acceptors (Lipinski definition) is 6. The molecule has 0 rings (SSSR count). The maximum atomic E-state index is 13.8. The minimum atomic E-state index is -0.864. The van der Waals surface area contributed by atoms with Crippen LogP contribution in [-0.4, -0.2) is 62.1 Å². The summed E-state index contributed by atoms with van der Waals surface area (Å²) in [5.41, 5.74) is 0. The van der Waals surface area contributed by atoms with Crippen molar-refractivity contribution < 1.29 is 23.9 Å². The Balaban J connectivity index is 4.83. The summed E-state index contributed by atoms with van der Waals surface area (Å²) in [7, 11) is 3.97. The first-order chi connectivity index (χ1) is 31.3. The van der Waals surface area contributed by atoms with Crippen LogP contribution in [0.5, 0.6) is 0 Å². The molecule has 0 saturated heterocycles. The second-order valence-corrected chi connectivity index (χ2v) is 19.1. The van der Waals surface area contributed by atoms with Gasteiger partial charge in [-0.2, -0.15) is 0 Å². The van der Waals surface area contributed by atoms with Crippen molar-refractivity contribution in [2.24, 2.45) is 0 Å². The van der Waals surface area contributed by atoms with Crippen molar-refractivity contribution in [2.75, 3.05) is 27.2 Å². The SMILES string of the molecule is CCCCC/C=C\CCC(CCCCCCCC/C=C\CCCCCCCC)OC(=O)C(CCC(=O)OCCCCCCCC/C=C\CCCCCCCC)NC(=O)CCCN(C)C. The lowest BCUT2D eigenvalue weighted by Crippen LogP contribution is -2.43. The molecular formula is C57H106N2O5. The van der Waals surface area contributed by atoms with Gasteiger partial charge in [-0.3, -0.25) is 9.59 Å². The molecule has 64 heavy (non-hydrogen) atoms. The molecule has 0 aliphatic heterocycles. The molecule has 0 aromatic rings. The average Bonchev–Trinajstić information content (AvgIpc) is 3.28. The molecule has 0 aliphatic rings. The molecule has 0 saturated carbocycles. The third kappa shape index (κ3) is 46.1. The molecule has 7 heteroatoms. The van der Waals surface area contributed by atoms with Crippen LogP contribution in [0.4, 0.5) is 0 Å². The number of nitrogens with one attached hydrogen (secondary N) is 1. The Morgan fingerprint density at radius 1 is 0.453 bits per heavy atom. The first kappa shape index (κ1) is 61.6. The van der Waals surface area contributed by atoms with Crippen molar-refractivity contribution in [3.05, 3.63) is 36.5 Å². The standard InChI is InChI=1S/C57H106N2O5/c1-6-9-12-15-18-20-22-24-26-28-30-32-34-37-40-43-47-53(46-42-39-36-17-14-11-8-3)64-57(62)54(58-55(60)48-45-51-59(4)5)49-50-56(61)63-52-44-41-38-35-33-31-29-27-25-23-21-19-16-13-10-7-2/h24-27,36,39,53-54H,6-23,28-35,37-38,40-52H2,1-5H3,(H,58,60)/b26-24-,27-25-,39-36-. The second-order valence-electron chi connectivity index (χ2n) is 19.1. The fourth-order valence-electron chi connectivity index (χ4n) is 8.10. The Bertz CT molecular complexity index is 1120. The summed E-state index contributed by atoms with van der Waals surface area (Å²) in [5, 5.41) is 2.93. The van der Waals surface area contributed by atoms with E-state index >= 15 is 0 Å². The van der Waals surface area contributed by atoms with E-state index in [1.54, 1.807) is 0 Å². The molecule has 0 radical (unpaired) electrons. The molecule has 2 unspecified atom stereocenters. The highest BCUT2D eigenvalue weighted by Crippen LogP contribution is 2.18. The summed E-state index contributed by atoms with van der Waals surface area (Å²) in [4.78, 5) is 41.6. The van der Waals surface area contributed by atoms with E-state index in [1.807, 2.05) is 19.0 Å². The van der Waals surface area contributed by atoms with Gasteiger partial charge in [0.1, 0.15) is 12.1 Å². The highest BCUT2D eigenvalue weighted by Gasteiger charge is 2.26. The van der Waals surface area contributed by atoms with Crippen molar-refractivity contribution in [3.63, 3.8) is 0 Å². The van der Waals surface area contributed by atoms with Gasteiger partial charge in [0.05, 0.1) is 6.61 Å². The Hall–Kier alpha value is -2.41. The van der Waals surface area contributed by atoms with Gasteiger partial charge >= 0.3 is 11.9 Å². The predicted molar refractivity (Wildman–Crippen MR) is 276 cm³/mol. The van der Waals surface area contributed by atoms with Crippen LogP contribution >= 0.6 is 0 Å². The van der Waals surface area contributed by atoms with E-state index in [0.717, 1.165) is 64.3 Å². The Labute approximate surface area is 397 Å². The molecule has 0 aromatic carbocycles. The van der Waals surface area contributed by atoms with Crippen molar-refractivity contribution >= 4 is 17.8 Å². The van der Waals surface area contributed by atoms with E-state index in [4.69, 9.17) is 9.47 Å². The summed E-state index contributed by atoms with van der Waals surface area (Å²) in [5.74, 6) is -0.925. The van der Waals surface area contributed by atoms with Gasteiger partial charge in [-0.25, -0.2) is 4.79 Å². The molecule has 7 nitrogen and oxygen atoms in total. The van der Waals surface area contributed by atoms with E-state index in [-0.39, 0.29) is 30.8 Å². The van der Waals surface area contributed by atoms with Crippen LogP contribution < -0.4 is 5.32 Å². The zero-order valence-corrected chi connectivity index (χ0v) is 43.1. The van der Waals surface area contributed by atoms with Gasteiger partial charge in [-0.15, -0.1) is 0 Å². The Kier molecular flexibility index (Phi) is 48.1. The minimum absolute atomic E-state index is 0.0736. The van der Waals surface area contributed by atoms with E-state index in [1.165, 1.54) is 167 Å². The molecule has 1 N–H and O–H groups in total. The van der Waals surface area contributed by atoms with Crippen molar-refractivity contribution in [1.29, 1.82) is 0 Å². The molecule has 0 aromatic heterocycles. The molecule has 0 fully saturated rings. The number of esters is 2. The fourth-order valence-corrected chi connectivity index (χ4v) is 8.10.